The highest BCUT2D eigenvalue weighted by Crippen LogP contribution is 2.26. The molecule has 2 rings (SSSR count). The van der Waals surface area contributed by atoms with Gasteiger partial charge in [-0.05, 0) is 19.3 Å². The third-order valence-corrected chi connectivity index (χ3v) is 5.15. The number of carbonyl (C=O) groups is 1. The number of piperidine rings is 1. The molecule has 0 saturated carbocycles. The van der Waals surface area contributed by atoms with Gasteiger partial charge in [-0.25, -0.2) is 12.7 Å². The first-order chi connectivity index (χ1) is 10.4. The van der Waals surface area contributed by atoms with Gasteiger partial charge in [0.25, 0.3) is 0 Å². The molecule has 1 N–H and O–H groups in total. The minimum absolute atomic E-state index is 0.0260. The van der Waals surface area contributed by atoms with Crippen molar-refractivity contribution in [1.82, 2.24) is 19.6 Å². The van der Waals surface area contributed by atoms with Gasteiger partial charge in [-0.15, -0.1) is 0 Å². The minimum Gasteiger partial charge on any atom is -0.359 e. The van der Waals surface area contributed by atoms with E-state index in [1.54, 1.807) is 19.4 Å². The lowest BCUT2D eigenvalue weighted by molar-refractivity contribution is -0.120. The number of carbonyl (C=O) groups excluding carboxylic acids is 1. The number of sulfonamides is 1. The van der Waals surface area contributed by atoms with E-state index in [-0.39, 0.29) is 11.8 Å². The summed E-state index contributed by atoms with van der Waals surface area (Å²) < 4.78 is 24.8. The van der Waals surface area contributed by atoms with Crippen LogP contribution < -0.4 is 5.32 Å². The van der Waals surface area contributed by atoms with Gasteiger partial charge in [-0.1, -0.05) is 0 Å². The van der Waals surface area contributed by atoms with Gasteiger partial charge >= 0.3 is 0 Å². The lowest BCUT2D eigenvalue weighted by atomic mass is 9.96. The van der Waals surface area contributed by atoms with Gasteiger partial charge in [-0.3, -0.25) is 14.8 Å². The van der Waals surface area contributed by atoms with Crippen molar-refractivity contribution >= 4 is 15.9 Å². The van der Waals surface area contributed by atoms with E-state index in [1.807, 2.05) is 0 Å². The molecule has 122 valence electrons. The summed E-state index contributed by atoms with van der Waals surface area (Å²) in [4.78, 5) is 20.0. The lowest BCUT2D eigenvalue weighted by Crippen LogP contribution is -2.38. The molecule has 1 saturated heterocycles. The quantitative estimate of drug-likeness (QED) is 0.840. The van der Waals surface area contributed by atoms with Crippen molar-refractivity contribution < 1.29 is 13.2 Å². The fourth-order valence-corrected chi connectivity index (χ4v) is 3.47. The molecule has 22 heavy (non-hydrogen) atoms. The molecule has 1 aliphatic heterocycles. The number of aromatic nitrogens is 2. The Hall–Kier alpha value is -1.54. The van der Waals surface area contributed by atoms with Crippen LogP contribution in [0.25, 0.3) is 0 Å². The maximum Gasteiger partial charge on any atom is 0.220 e. The molecule has 1 amide bonds. The van der Waals surface area contributed by atoms with Crippen LogP contribution in [0.4, 0.5) is 0 Å². The molecule has 0 radical (unpaired) electrons. The van der Waals surface area contributed by atoms with Crippen LogP contribution in [-0.4, -0.2) is 55.0 Å². The van der Waals surface area contributed by atoms with Crippen molar-refractivity contribution in [3.8, 4) is 0 Å². The third kappa shape index (κ3) is 4.48. The van der Waals surface area contributed by atoms with Crippen LogP contribution in [0, 0.1) is 0 Å². The Bertz CT molecular complexity index is 615. The third-order valence-electron chi connectivity index (χ3n) is 3.88. The Morgan fingerprint density at radius 1 is 1.41 bits per heavy atom. The van der Waals surface area contributed by atoms with Gasteiger partial charge in [0.15, 0.2) is 0 Å². The van der Waals surface area contributed by atoms with Crippen molar-refractivity contribution in [2.45, 2.75) is 31.6 Å². The zero-order valence-corrected chi connectivity index (χ0v) is 13.8. The second-order valence-corrected chi connectivity index (χ2v) is 7.55. The summed E-state index contributed by atoms with van der Waals surface area (Å²) in [6, 6.07) is 0. The van der Waals surface area contributed by atoms with Crippen molar-refractivity contribution in [3.63, 3.8) is 0 Å². The number of rotatable bonds is 5. The highest BCUT2D eigenvalue weighted by Gasteiger charge is 2.27. The van der Waals surface area contributed by atoms with Crippen molar-refractivity contribution in [2.75, 3.05) is 26.4 Å². The number of hydrogen-bond acceptors (Lipinski definition) is 5. The zero-order valence-electron chi connectivity index (χ0n) is 12.9. The highest BCUT2D eigenvalue weighted by atomic mass is 32.2. The average molecular weight is 326 g/mol. The Labute approximate surface area is 131 Å². The molecule has 1 aromatic rings. The number of hydrogen-bond donors (Lipinski definition) is 1. The lowest BCUT2D eigenvalue weighted by Gasteiger charge is -2.30. The number of nitrogens with one attached hydrogen (secondary N) is 1. The highest BCUT2D eigenvalue weighted by molar-refractivity contribution is 7.88. The molecular formula is C14H22N4O3S. The summed E-state index contributed by atoms with van der Waals surface area (Å²) in [5, 5.41) is 2.57. The molecule has 2 heterocycles. The van der Waals surface area contributed by atoms with Crippen LogP contribution in [0.3, 0.4) is 0 Å². The van der Waals surface area contributed by atoms with E-state index in [4.69, 9.17) is 0 Å². The monoisotopic (exact) mass is 326 g/mol. The fraction of sp³-hybridized carbons (Fsp3) is 0.643. The molecule has 0 bridgehead atoms. The van der Waals surface area contributed by atoms with E-state index in [2.05, 4.69) is 15.3 Å². The SMILES string of the molecule is CNC(=O)CCc1cnc(C2CCCN(S(C)(=O)=O)C2)cn1. The topological polar surface area (TPSA) is 92.3 Å². The predicted octanol–water partition coefficient (Wildman–Crippen LogP) is 0.294. The number of aryl methyl sites for hydroxylation is 1. The molecule has 8 heteroatoms. The van der Waals surface area contributed by atoms with E-state index < -0.39 is 10.0 Å². The molecular weight excluding hydrogens is 304 g/mol. The number of nitrogens with zero attached hydrogens (tertiary/aromatic N) is 3. The Balaban J connectivity index is 1.99. The normalized spacial score (nSPS) is 19.8. The van der Waals surface area contributed by atoms with E-state index in [0.29, 0.717) is 25.9 Å². The van der Waals surface area contributed by atoms with Crippen LogP contribution in [-0.2, 0) is 21.2 Å². The first kappa shape index (κ1) is 16.8. The smallest absolute Gasteiger partial charge is 0.220 e. The Morgan fingerprint density at radius 3 is 2.77 bits per heavy atom. The number of amides is 1. The molecule has 0 aliphatic carbocycles. The first-order valence-corrected chi connectivity index (χ1v) is 9.21. The molecule has 1 fully saturated rings. The van der Waals surface area contributed by atoms with Crippen LogP contribution >= 0.6 is 0 Å². The van der Waals surface area contributed by atoms with E-state index >= 15 is 0 Å². The van der Waals surface area contributed by atoms with Gasteiger partial charge in [0.2, 0.25) is 15.9 Å². The summed E-state index contributed by atoms with van der Waals surface area (Å²) >= 11 is 0. The van der Waals surface area contributed by atoms with Gasteiger partial charge in [0.05, 0.1) is 17.6 Å². The van der Waals surface area contributed by atoms with Gasteiger partial charge < -0.3 is 5.32 Å². The fourth-order valence-electron chi connectivity index (χ4n) is 2.56. The van der Waals surface area contributed by atoms with E-state index in [0.717, 1.165) is 24.2 Å². The summed E-state index contributed by atoms with van der Waals surface area (Å²) in [5.41, 5.74) is 1.58. The molecule has 7 nitrogen and oxygen atoms in total. The zero-order chi connectivity index (χ0) is 16.2. The van der Waals surface area contributed by atoms with E-state index in [1.165, 1.54) is 10.6 Å². The van der Waals surface area contributed by atoms with Crippen molar-refractivity contribution in [1.29, 1.82) is 0 Å². The van der Waals surface area contributed by atoms with Crippen molar-refractivity contribution in [3.05, 3.63) is 23.8 Å². The van der Waals surface area contributed by atoms with Crippen molar-refractivity contribution in [2.24, 2.45) is 0 Å². The Kier molecular flexibility index (Phi) is 5.47. The summed E-state index contributed by atoms with van der Waals surface area (Å²) in [5.74, 6) is 0.0610. The van der Waals surface area contributed by atoms with Gasteiger partial charge in [-0.2, -0.15) is 0 Å². The predicted molar refractivity (Wildman–Crippen MR) is 82.8 cm³/mol. The second-order valence-electron chi connectivity index (χ2n) is 5.57. The molecule has 1 atom stereocenters. The average Bonchev–Trinajstić information content (AvgIpc) is 2.52. The first-order valence-electron chi connectivity index (χ1n) is 7.36. The maximum atomic E-state index is 11.6. The summed E-state index contributed by atoms with van der Waals surface area (Å²) in [7, 11) is -1.55. The van der Waals surface area contributed by atoms with Crippen LogP contribution in [0.1, 0.15) is 36.6 Å². The summed E-state index contributed by atoms with van der Waals surface area (Å²) in [6.07, 6.45) is 7.30. The Morgan fingerprint density at radius 2 is 2.18 bits per heavy atom. The second kappa shape index (κ2) is 7.15. The molecule has 0 spiro atoms. The van der Waals surface area contributed by atoms with Crippen LogP contribution in [0.15, 0.2) is 12.4 Å². The summed E-state index contributed by atoms with van der Waals surface area (Å²) in [6.45, 7) is 1.04. The molecule has 1 unspecified atom stereocenters. The largest absolute Gasteiger partial charge is 0.359 e. The molecule has 1 aliphatic rings. The molecule has 0 aromatic carbocycles. The molecule has 1 aromatic heterocycles. The van der Waals surface area contributed by atoms with Crippen LogP contribution in [0.5, 0.6) is 0 Å². The maximum absolute atomic E-state index is 11.6. The van der Waals surface area contributed by atoms with Crippen LogP contribution in [0.2, 0.25) is 0 Å². The van der Waals surface area contributed by atoms with Gasteiger partial charge in [0, 0.05) is 44.9 Å². The minimum atomic E-state index is -3.16. The van der Waals surface area contributed by atoms with Gasteiger partial charge in [0.1, 0.15) is 0 Å². The van der Waals surface area contributed by atoms with E-state index in [9.17, 15) is 13.2 Å². The standard InChI is InChI=1S/C14H22N4O3S/c1-15-14(19)6-5-12-8-17-13(9-16-12)11-4-3-7-18(10-11)22(2,20)21/h8-9,11H,3-7,10H2,1-2H3,(H,15,19).